The average Bonchev–Trinajstić information content (AvgIpc) is 2.75. The van der Waals surface area contributed by atoms with E-state index in [-0.39, 0.29) is 0 Å². The lowest BCUT2D eigenvalue weighted by Crippen LogP contribution is -2.41. The van der Waals surface area contributed by atoms with Crippen LogP contribution in [0, 0.1) is 0 Å². The predicted molar refractivity (Wildman–Crippen MR) is 133 cm³/mol. The molecule has 176 valence electrons. The highest BCUT2D eigenvalue weighted by Crippen LogP contribution is 2.20. The fourth-order valence-electron chi connectivity index (χ4n) is 4.04. The van der Waals surface area contributed by atoms with Crippen molar-refractivity contribution in [3.8, 4) is 0 Å². The summed E-state index contributed by atoms with van der Waals surface area (Å²) in [6.45, 7) is 10.9. The second kappa shape index (κ2) is 22.8. The molecule has 0 saturated carbocycles. The van der Waals surface area contributed by atoms with Crippen LogP contribution in [0.25, 0.3) is 0 Å². The molecule has 0 amide bonds. The zero-order valence-electron chi connectivity index (χ0n) is 20.9. The van der Waals surface area contributed by atoms with E-state index in [4.69, 9.17) is 8.85 Å². The summed E-state index contributed by atoms with van der Waals surface area (Å²) in [5.74, 6) is 0. The first-order chi connectivity index (χ1) is 14.2. The van der Waals surface area contributed by atoms with Gasteiger partial charge in [-0.05, 0) is 24.9 Å². The van der Waals surface area contributed by atoms with Crippen LogP contribution in [0.2, 0.25) is 12.1 Å². The Bertz CT molecular complexity index is 305. The molecule has 0 unspecified atom stereocenters. The Hall–Kier alpha value is 0.137. The summed E-state index contributed by atoms with van der Waals surface area (Å²) in [7, 11) is -1.92. The topological polar surface area (TPSA) is 18.5 Å². The molecule has 0 aliphatic carbocycles. The van der Waals surface area contributed by atoms with Crippen molar-refractivity contribution in [3.63, 3.8) is 0 Å². The summed E-state index contributed by atoms with van der Waals surface area (Å²) in [6, 6.07) is 2.19. The van der Waals surface area contributed by atoms with Crippen LogP contribution in [-0.4, -0.2) is 21.8 Å². The van der Waals surface area contributed by atoms with Crippen molar-refractivity contribution in [1.82, 2.24) is 0 Å². The van der Waals surface area contributed by atoms with E-state index in [9.17, 15) is 0 Å². The summed E-state index contributed by atoms with van der Waals surface area (Å²) >= 11 is 0. The van der Waals surface area contributed by atoms with Gasteiger partial charge in [-0.1, -0.05) is 130 Å². The highest BCUT2D eigenvalue weighted by atomic mass is 28.4. The maximum atomic E-state index is 6.39. The summed E-state index contributed by atoms with van der Waals surface area (Å²) < 4.78 is 12.8. The van der Waals surface area contributed by atoms with Crippen LogP contribution in [0.5, 0.6) is 0 Å². The lowest BCUT2D eigenvalue weighted by Gasteiger charge is -2.29. The van der Waals surface area contributed by atoms with Crippen molar-refractivity contribution >= 4 is 8.56 Å². The second-order valence-electron chi connectivity index (χ2n) is 8.97. The van der Waals surface area contributed by atoms with Gasteiger partial charge in [-0.2, -0.15) is 0 Å². The quantitative estimate of drug-likeness (QED) is 0.112. The second-order valence-corrected chi connectivity index (χ2v) is 12.8. The van der Waals surface area contributed by atoms with Gasteiger partial charge in [0.15, 0.2) is 0 Å². The van der Waals surface area contributed by atoms with E-state index in [0.29, 0.717) is 0 Å². The van der Waals surface area contributed by atoms with E-state index < -0.39 is 8.56 Å². The summed E-state index contributed by atoms with van der Waals surface area (Å²) in [4.78, 5) is 0. The fourth-order valence-corrected chi connectivity index (χ4v) is 6.47. The monoisotopic (exact) mass is 428 g/mol. The molecule has 0 saturated heterocycles. The number of hydrogen-bond donors (Lipinski definition) is 0. The predicted octanol–water partition coefficient (Wildman–Crippen LogP) is 9.56. The van der Waals surface area contributed by atoms with Gasteiger partial charge in [-0.3, -0.25) is 0 Å². The molecule has 0 aromatic rings. The van der Waals surface area contributed by atoms with Gasteiger partial charge in [-0.15, -0.1) is 0 Å². The van der Waals surface area contributed by atoms with E-state index in [2.05, 4.69) is 27.7 Å². The molecule has 29 heavy (non-hydrogen) atoms. The van der Waals surface area contributed by atoms with Gasteiger partial charge in [0, 0.05) is 13.2 Å². The highest BCUT2D eigenvalue weighted by Gasteiger charge is 2.33. The minimum Gasteiger partial charge on any atom is -0.394 e. The first-order valence-corrected chi connectivity index (χ1v) is 15.8. The lowest BCUT2D eigenvalue weighted by molar-refractivity contribution is 0.163. The summed E-state index contributed by atoms with van der Waals surface area (Å²) in [5, 5.41) is 0. The number of hydrogen-bond acceptors (Lipinski definition) is 2. The molecule has 0 aromatic heterocycles. The maximum Gasteiger partial charge on any atom is 0.337 e. The Kier molecular flexibility index (Phi) is 22.9. The van der Waals surface area contributed by atoms with Crippen molar-refractivity contribution in [2.24, 2.45) is 0 Å². The van der Waals surface area contributed by atoms with Crippen molar-refractivity contribution in [3.05, 3.63) is 0 Å². The van der Waals surface area contributed by atoms with Gasteiger partial charge in [-0.25, -0.2) is 0 Å². The van der Waals surface area contributed by atoms with Gasteiger partial charge < -0.3 is 8.85 Å². The molecule has 0 rings (SSSR count). The van der Waals surface area contributed by atoms with Crippen molar-refractivity contribution in [1.29, 1.82) is 0 Å². The normalized spacial score (nSPS) is 12.0. The minimum atomic E-state index is -1.92. The molecule has 0 heterocycles. The Morgan fingerprint density at radius 2 is 0.655 bits per heavy atom. The van der Waals surface area contributed by atoms with E-state index in [1.54, 1.807) is 0 Å². The van der Waals surface area contributed by atoms with E-state index in [1.807, 2.05) is 0 Å². The molecular weight excluding hydrogens is 372 g/mol. The van der Waals surface area contributed by atoms with Crippen LogP contribution in [0.4, 0.5) is 0 Å². The zero-order chi connectivity index (χ0) is 21.5. The zero-order valence-corrected chi connectivity index (χ0v) is 21.9. The third-order valence-corrected chi connectivity index (χ3v) is 9.92. The minimum absolute atomic E-state index is 0.918. The van der Waals surface area contributed by atoms with Crippen molar-refractivity contribution in [2.45, 2.75) is 155 Å². The largest absolute Gasteiger partial charge is 0.394 e. The fraction of sp³-hybridized carbons (Fsp3) is 1.00. The van der Waals surface area contributed by atoms with Gasteiger partial charge in [0.1, 0.15) is 0 Å². The van der Waals surface area contributed by atoms with Gasteiger partial charge in [0.2, 0.25) is 0 Å². The van der Waals surface area contributed by atoms with Gasteiger partial charge in [0.05, 0.1) is 0 Å². The first-order valence-electron chi connectivity index (χ1n) is 13.5. The molecule has 0 spiro atoms. The van der Waals surface area contributed by atoms with Crippen molar-refractivity contribution < 1.29 is 8.85 Å². The van der Waals surface area contributed by atoms with Gasteiger partial charge >= 0.3 is 8.56 Å². The SMILES string of the molecule is CCCCCCCCCCCCO[Si](CC)(CC)OCCCCCCCCCC. The molecule has 3 heteroatoms. The Morgan fingerprint density at radius 3 is 0.931 bits per heavy atom. The standard InChI is InChI=1S/C26H56O2Si/c1-5-9-11-13-15-17-18-20-22-24-26-28-29(7-3,8-4)27-25-23-21-19-16-14-12-10-6-2/h5-26H2,1-4H3. The van der Waals surface area contributed by atoms with E-state index in [0.717, 1.165) is 25.3 Å². The van der Waals surface area contributed by atoms with Gasteiger partial charge in [0.25, 0.3) is 0 Å². The maximum absolute atomic E-state index is 6.39. The van der Waals surface area contributed by atoms with Crippen molar-refractivity contribution in [2.75, 3.05) is 13.2 Å². The number of unbranched alkanes of at least 4 members (excludes halogenated alkanes) is 16. The molecule has 0 aromatic carbocycles. The van der Waals surface area contributed by atoms with Crippen LogP contribution >= 0.6 is 0 Å². The van der Waals surface area contributed by atoms with E-state index >= 15 is 0 Å². The third-order valence-electron chi connectivity index (χ3n) is 6.30. The van der Waals surface area contributed by atoms with Crippen LogP contribution < -0.4 is 0 Å². The van der Waals surface area contributed by atoms with Crippen LogP contribution in [0.3, 0.4) is 0 Å². The molecule has 0 radical (unpaired) electrons. The van der Waals surface area contributed by atoms with Crippen LogP contribution in [0.1, 0.15) is 143 Å². The number of rotatable bonds is 24. The molecule has 0 atom stereocenters. The Labute approximate surface area is 186 Å². The highest BCUT2D eigenvalue weighted by molar-refractivity contribution is 6.67. The average molecular weight is 429 g/mol. The molecule has 0 bridgehead atoms. The lowest BCUT2D eigenvalue weighted by atomic mass is 10.1. The van der Waals surface area contributed by atoms with Crippen LogP contribution in [0.15, 0.2) is 0 Å². The molecule has 2 nitrogen and oxygen atoms in total. The van der Waals surface area contributed by atoms with E-state index in [1.165, 1.54) is 116 Å². The summed E-state index contributed by atoms with van der Waals surface area (Å²) in [5.41, 5.74) is 0. The first kappa shape index (κ1) is 29.1. The molecule has 0 aliphatic heterocycles. The molecule has 0 fully saturated rings. The summed E-state index contributed by atoms with van der Waals surface area (Å²) in [6.07, 6.45) is 24.7. The Balaban J connectivity index is 3.63. The smallest absolute Gasteiger partial charge is 0.337 e. The molecular formula is C26H56O2Si. The van der Waals surface area contributed by atoms with Crippen LogP contribution in [-0.2, 0) is 8.85 Å². The Morgan fingerprint density at radius 1 is 0.379 bits per heavy atom. The molecule has 0 N–H and O–H groups in total. The third kappa shape index (κ3) is 18.6. The molecule has 0 aliphatic rings.